The highest BCUT2D eigenvalue weighted by molar-refractivity contribution is 5.39. The molecule has 2 atom stereocenters. The molecular formula is C17H26N2O. The first-order chi connectivity index (χ1) is 9.84. The van der Waals surface area contributed by atoms with Crippen LogP contribution in [0, 0.1) is 0 Å². The van der Waals surface area contributed by atoms with Crippen LogP contribution in [0.25, 0.3) is 0 Å². The third kappa shape index (κ3) is 3.15. The summed E-state index contributed by atoms with van der Waals surface area (Å²) in [5, 5.41) is 3.64. The van der Waals surface area contributed by atoms with Gasteiger partial charge in [0, 0.05) is 30.6 Å². The van der Waals surface area contributed by atoms with Crippen molar-refractivity contribution in [2.24, 2.45) is 0 Å². The molecule has 2 aliphatic heterocycles. The largest absolute Gasteiger partial charge is 0.493 e. The van der Waals surface area contributed by atoms with Crippen molar-refractivity contribution >= 4 is 0 Å². The molecule has 20 heavy (non-hydrogen) atoms. The van der Waals surface area contributed by atoms with E-state index in [-0.39, 0.29) is 0 Å². The van der Waals surface area contributed by atoms with E-state index in [9.17, 15) is 0 Å². The van der Waals surface area contributed by atoms with E-state index in [1.165, 1.54) is 37.9 Å². The van der Waals surface area contributed by atoms with Crippen LogP contribution in [0.2, 0.25) is 0 Å². The second-order valence-corrected chi connectivity index (χ2v) is 6.15. The van der Waals surface area contributed by atoms with Gasteiger partial charge in [-0.15, -0.1) is 0 Å². The zero-order valence-electron chi connectivity index (χ0n) is 12.5. The SMILES string of the molecule is CC(CNCC1COc2ccccc21)N1CCCCC1. The number of nitrogens with zero attached hydrogens (tertiary/aromatic N) is 1. The van der Waals surface area contributed by atoms with Crippen LogP contribution in [-0.2, 0) is 0 Å². The van der Waals surface area contributed by atoms with Gasteiger partial charge in [0.05, 0.1) is 6.61 Å². The highest BCUT2D eigenvalue weighted by atomic mass is 16.5. The zero-order valence-corrected chi connectivity index (χ0v) is 12.5. The van der Waals surface area contributed by atoms with Crippen LogP contribution in [-0.4, -0.2) is 43.7 Å². The maximum Gasteiger partial charge on any atom is 0.122 e. The number of likely N-dealkylation sites (tertiary alicyclic amines) is 1. The minimum Gasteiger partial charge on any atom is -0.493 e. The Balaban J connectivity index is 1.44. The van der Waals surface area contributed by atoms with E-state index in [1.54, 1.807) is 0 Å². The Bertz CT molecular complexity index is 429. The molecule has 2 heterocycles. The Morgan fingerprint density at radius 1 is 1.25 bits per heavy atom. The molecule has 1 fully saturated rings. The van der Waals surface area contributed by atoms with Gasteiger partial charge < -0.3 is 10.1 Å². The third-order valence-electron chi connectivity index (χ3n) is 4.64. The Morgan fingerprint density at radius 2 is 2.05 bits per heavy atom. The van der Waals surface area contributed by atoms with Gasteiger partial charge in [0.2, 0.25) is 0 Å². The van der Waals surface area contributed by atoms with Crippen molar-refractivity contribution in [1.82, 2.24) is 10.2 Å². The van der Waals surface area contributed by atoms with Crippen molar-refractivity contribution < 1.29 is 4.74 Å². The van der Waals surface area contributed by atoms with Gasteiger partial charge in [0.25, 0.3) is 0 Å². The van der Waals surface area contributed by atoms with Gasteiger partial charge in [-0.3, -0.25) is 4.90 Å². The van der Waals surface area contributed by atoms with Gasteiger partial charge in [-0.1, -0.05) is 24.6 Å². The van der Waals surface area contributed by atoms with E-state index in [0.29, 0.717) is 12.0 Å². The summed E-state index contributed by atoms with van der Waals surface area (Å²) < 4.78 is 5.73. The molecule has 0 spiro atoms. The van der Waals surface area contributed by atoms with E-state index in [4.69, 9.17) is 4.74 Å². The average molecular weight is 274 g/mol. The lowest BCUT2D eigenvalue weighted by Crippen LogP contribution is -2.43. The van der Waals surface area contributed by atoms with Gasteiger partial charge >= 0.3 is 0 Å². The van der Waals surface area contributed by atoms with Gasteiger partial charge in [0.15, 0.2) is 0 Å². The van der Waals surface area contributed by atoms with Gasteiger partial charge in [-0.2, -0.15) is 0 Å². The van der Waals surface area contributed by atoms with Crippen LogP contribution < -0.4 is 10.1 Å². The molecule has 0 amide bonds. The first-order valence-corrected chi connectivity index (χ1v) is 8.01. The number of hydrogen-bond donors (Lipinski definition) is 1. The van der Waals surface area contributed by atoms with E-state index in [2.05, 4.69) is 35.3 Å². The molecule has 3 rings (SSSR count). The maximum absolute atomic E-state index is 5.73. The molecular weight excluding hydrogens is 248 g/mol. The van der Waals surface area contributed by atoms with Crippen LogP contribution in [0.5, 0.6) is 5.75 Å². The third-order valence-corrected chi connectivity index (χ3v) is 4.64. The molecule has 1 aromatic carbocycles. The minimum absolute atomic E-state index is 0.514. The predicted molar refractivity (Wildman–Crippen MR) is 82.4 cm³/mol. The lowest BCUT2D eigenvalue weighted by atomic mass is 10.0. The van der Waals surface area contributed by atoms with Gasteiger partial charge in [-0.05, 0) is 38.9 Å². The monoisotopic (exact) mass is 274 g/mol. The highest BCUT2D eigenvalue weighted by Crippen LogP contribution is 2.32. The van der Waals surface area contributed by atoms with Crippen molar-refractivity contribution in [2.45, 2.75) is 38.1 Å². The van der Waals surface area contributed by atoms with Crippen LogP contribution in [0.1, 0.15) is 37.7 Å². The van der Waals surface area contributed by atoms with E-state index in [1.807, 2.05) is 6.07 Å². The zero-order chi connectivity index (χ0) is 13.8. The summed E-state index contributed by atoms with van der Waals surface area (Å²) in [7, 11) is 0. The molecule has 1 N–H and O–H groups in total. The van der Waals surface area contributed by atoms with Crippen LogP contribution >= 0.6 is 0 Å². The molecule has 110 valence electrons. The molecule has 0 bridgehead atoms. The molecule has 0 radical (unpaired) electrons. The van der Waals surface area contributed by atoms with E-state index in [0.717, 1.165) is 25.4 Å². The molecule has 3 heteroatoms. The number of nitrogens with one attached hydrogen (secondary N) is 1. The first-order valence-electron chi connectivity index (χ1n) is 8.01. The summed E-state index contributed by atoms with van der Waals surface area (Å²) in [6.45, 7) is 7.83. The summed E-state index contributed by atoms with van der Waals surface area (Å²) in [5.74, 6) is 1.59. The second kappa shape index (κ2) is 6.59. The number of hydrogen-bond acceptors (Lipinski definition) is 3. The quantitative estimate of drug-likeness (QED) is 0.893. The lowest BCUT2D eigenvalue weighted by Gasteiger charge is -2.32. The second-order valence-electron chi connectivity index (χ2n) is 6.15. The molecule has 0 saturated carbocycles. The van der Waals surface area contributed by atoms with Crippen molar-refractivity contribution in [3.63, 3.8) is 0 Å². The van der Waals surface area contributed by atoms with Gasteiger partial charge in [-0.25, -0.2) is 0 Å². The number of fused-ring (bicyclic) bond motifs is 1. The summed E-state index contributed by atoms with van der Waals surface area (Å²) in [5.41, 5.74) is 1.37. The van der Waals surface area contributed by atoms with Crippen molar-refractivity contribution in [3.8, 4) is 5.75 Å². The number of piperidine rings is 1. The number of rotatable bonds is 5. The Kier molecular flexibility index (Phi) is 4.58. The molecule has 0 aromatic heterocycles. The summed E-state index contributed by atoms with van der Waals surface area (Å²) in [6.07, 6.45) is 4.15. The molecule has 0 aliphatic carbocycles. The van der Waals surface area contributed by atoms with Gasteiger partial charge in [0.1, 0.15) is 5.75 Å². The highest BCUT2D eigenvalue weighted by Gasteiger charge is 2.23. The molecule has 1 saturated heterocycles. The summed E-state index contributed by atoms with van der Waals surface area (Å²) in [4.78, 5) is 2.62. The Morgan fingerprint density at radius 3 is 2.90 bits per heavy atom. The average Bonchev–Trinajstić information content (AvgIpc) is 2.92. The number of ether oxygens (including phenoxy) is 1. The van der Waals surface area contributed by atoms with Crippen LogP contribution in [0.15, 0.2) is 24.3 Å². The molecule has 2 aliphatic rings. The van der Waals surface area contributed by atoms with Crippen molar-refractivity contribution in [1.29, 1.82) is 0 Å². The fourth-order valence-electron chi connectivity index (χ4n) is 3.35. The maximum atomic E-state index is 5.73. The van der Waals surface area contributed by atoms with Crippen molar-refractivity contribution in [2.75, 3.05) is 32.8 Å². The fourth-order valence-corrected chi connectivity index (χ4v) is 3.35. The number of benzene rings is 1. The molecule has 1 aromatic rings. The Labute approximate surface area is 122 Å². The van der Waals surface area contributed by atoms with Crippen LogP contribution in [0.3, 0.4) is 0 Å². The molecule has 3 nitrogen and oxygen atoms in total. The van der Waals surface area contributed by atoms with Crippen molar-refractivity contribution in [3.05, 3.63) is 29.8 Å². The summed E-state index contributed by atoms with van der Waals surface area (Å²) >= 11 is 0. The smallest absolute Gasteiger partial charge is 0.122 e. The number of para-hydroxylation sites is 1. The fraction of sp³-hybridized carbons (Fsp3) is 0.647. The first kappa shape index (κ1) is 13.9. The van der Waals surface area contributed by atoms with E-state index < -0.39 is 0 Å². The Hall–Kier alpha value is -1.06. The molecule has 2 unspecified atom stereocenters. The predicted octanol–water partition coefficient (Wildman–Crippen LogP) is 2.63. The standard InChI is InChI=1S/C17H26N2O/c1-14(19-9-5-2-6-10-19)11-18-12-15-13-20-17-8-4-3-7-16(15)17/h3-4,7-8,14-15,18H,2,5-6,9-13H2,1H3. The topological polar surface area (TPSA) is 24.5 Å². The normalized spacial score (nSPS) is 24.1. The lowest BCUT2D eigenvalue weighted by molar-refractivity contribution is 0.170. The van der Waals surface area contributed by atoms with E-state index >= 15 is 0 Å². The van der Waals surface area contributed by atoms with Crippen LogP contribution in [0.4, 0.5) is 0 Å². The minimum atomic E-state index is 0.514. The summed E-state index contributed by atoms with van der Waals surface area (Å²) in [6, 6.07) is 9.08.